The van der Waals surface area contributed by atoms with E-state index in [1.165, 1.54) is 23.8 Å². The standard InChI is InChI=1S/C38H36F3N3O5/c39-38(40,41)31-11-6-10-29(21-31)33-12-5-4-9-30(33)22-43-37(49)44(32-19-17-27(18-20-32)26-7-2-1-3-8-26)24-25-13-15-28(16-14-25)35(46)42-23-34(45)36(47)48/h4-7,9-21,34,45H,1-3,8,22-24H2,(H,42,46)(H,43,49)(H,47,48). The number of alkyl halides is 3. The van der Waals surface area contributed by atoms with Crippen LogP contribution in [0.3, 0.4) is 0 Å². The van der Waals surface area contributed by atoms with E-state index < -0.39 is 42.3 Å². The highest BCUT2D eigenvalue weighted by atomic mass is 19.4. The Morgan fingerprint density at radius 2 is 1.57 bits per heavy atom. The summed E-state index contributed by atoms with van der Waals surface area (Å²) in [6.45, 7) is -0.273. The first kappa shape index (κ1) is 34.9. The van der Waals surface area contributed by atoms with Crippen molar-refractivity contribution < 1.29 is 37.8 Å². The van der Waals surface area contributed by atoms with Crippen molar-refractivity contribution in [2.45, 2.75) is 51.1 Å². The monoisotopic (exact) mass is 671 g/mol. The summed E-state index contributed by atoms with van der Waals surface area (Å²) in [6, 6.07) is 25.7. The summed E-state index contributed by atoms with van der Waals surface area (Å²) in [4.78, 5) is 38.7. The van der Waals surface area contributed by atoms with Crippen molar-refractivity contribution in [2.24, 2.45) is 0 Å². The van der Waals surface area contributed by atoms with Crippen LogP contribution < -0.4 is 15.5 Å². The van der Waals surface area contributed by atoms with Gasteiger partial charge in [0.2, 0.25) is 0 Å². The number of carbonyl (C=O) groups is 3. The van der Waals surface area contributed by atoms with Crippen LogP contribution in [-0.2, 0) is 24.1 Å². The SMILES string of the molecule is O=C(NCC(O)C(=O)O)c1ccc(CN(C(=O)NCc2ccccc2-c2cccc(C(F)(F)F)c2)c2ccc(C3=CCCCC3)cc2)cc1. The van der Waals surface area contributed by atoms with E-state index in [2.05, 4.69) is 16.7 Å². The van der Waals surface area contributed by atoms with Gasteiger partial charge in [0.15, 0.2) is 6.10 Å². The van der Waals surface area contributed by atoms with Crippen LogP contribution in [0.4, 0.5) is 23.7 Å². The number of carboxylic acids is 1. The second-order valence-electron chi connectivity index (χ2n) is 11.8. The second kappa shape index (κ2) is 15.7. The predicted octanol–water partition coefficient (Wildman–Crippen LogP) is 7.42. The maximum atomic E-state index is 13.8. The lowest BCUT2D eigenvalue weighted by molar-refractivity contribution is -0.146. The van der Waals surface area contributed by atoms with Gasteiger partial charge in [0.25, 0.3) is 5.91 Å². The van der Waals surface area contributed by atoms with E-state index >= 15 is 0 Å². The molecule has 0 aliphatic heterocycles. The minimum Gasteiger partial charge on any atom is -0.479 e. The molecule has 0 heterocycles. The summed E-state index contributed by atoms with van der Waals surface area (Å²) in [6.07, 6.45) is 0.327. The van der Waals surface area contributed by atoms with Crippen molar-refractivity contribution in [3.05, 3.63) is 131 Å². The summed E-state index contributed by atoms with van der Waals surface area (Å²) >= 11 is 0. The van der Waals surface area contributed by atoms with Crippen LogP contribution >= 0.6 is 0 Å². The van der Waals surface area contributed by atoms with Gasteiger partial charge in [-0.3, -0.25) is 9.69 Å². The number of halogens is 3. The Morgan fingerprint density at radius 1 is 0.837 bits per heavy atom. The van der Waals surface area contributed by atoms with Gasteiger partial charge < -0.3 is 20.8 Å². The number of nitrogens with one attached hydrogen (secondary N) is 2. The Morgan fingerprint density at radius 3 is 2.24 bits per heavy atom. The number of carboxylic acid groups (broad SMARTS) is 1. The van der Waals surface area contributed by atoms with Gasteiger partial charge >= 0.3 is 18.2 Å². The van der Waals surface area contributed by atoms with Crippen molar-refractivity contribution in [2.75, 3.05) is 11.4 Å². The van der Waals surface area contributed by atoms with Crippen LogP contribution in [0, 0.1) is 0 Å². The molecule has 254 valence electrons. The minimum atomic E-state index is -4.49. The molecule has 4 aromatic carbocycles. The van der Waals surface area contributed by atoms with E-state index in [1.807, 2.05) is 24.3 Å². The van der Waals surface area contributed by atoms with Gasteiger partial charge in [0.1, 0.15) is 0 Å². The highest BCUT2D eigenvalue weighted by molar-refractivity contribution is 5.95. The molecule has 4 N–H and O–H groups in total. The fourth-order valence-corrected chi connectivity index (χ4v) is 5.64. The summed E-state index contributed by atoms with van der Waals surface area (Å²) in [5.41, 5.74) is 4.73. The van der Waals surface area contributed by atoms with E-state index in [9.17, 15) is 32.7 Å². The third-order valence-corrected chi connectivity index (χ3v) is 8.33. The molecule has 1 unspecified atom stereocenters. The molecule has 1 atom stereocenters. The molecule has 0 aromatic heterocycles. The third-order valence-electron chi connectivity index (χ3n) is 8.33. The highest BCUT2D eigenvalue weighted by Crippen LogP contribution is 2.33. The number of hydrogen-bond donors (Lipinski definition) is 4. The molecule has 3 amide bonds. The molecule has 0 fully saturated rings. The van der Waals surface area contributed by atoms with Gasteiger partial charge in [-0.15, -0.1) is 0 Å². The van der Waals surface area contributed by atoms with Crippen LogP contribution in [0.2, 0.25) is 0 Å². The zero-order valence-corrected chi connectivity index (χ0v) is 26.5. The van der Waals surface area contributed by atoms with E-state index in [1.54, 1.807) is 47.4 Å². The number of aliphatic hydroxyl groups is 1. The number of rotatable bonds is 11. The summed E-state index contributed by atoms with van der Waals surface area (Å²) in [5.74, 6) is -2.01. The molecule has 0 radical (unpaired) electrons. The number of hydrogen-bond acceptors (Lipinski definition) is 4. The number of aliphatic carboxylic acids is 1. The normalized spacial score (nSPS) is 13.6. The van der Waals surface area contributed by atoms with E-state index in [0.29, 0.717) is 27.9 Å². The molecule has 0 spiro atoms. The molecule has 0 saturated carbocycles. The quantitative estimate of drug-likeness (QED) is 0.132. The van der Waals surface area contributed by atoms with Crippen molar-refractivity contribution in [3.8, 4) is 11.1 Å². The molecular weight excluding hydrogens is 635 g/mol. The van der Waals surface area contributed by atoms with Gasteiger partial charge in [-0.1, -0.05) is 66.7 Å². The molecule has 11 heteroatoms. The van der Waals surface area contributed by atoms with Gasteiger partial charge in [0, 0.05) is 17.8 Å². The molecule has 4 aromatic rings. The number of urea groups is 1. The van der Waals surface area contributed by atoms with Crippen LogP contribution in [0.15, 0.2) is 103 Å². The fraction of sp³-hybridized carbons (Fsp3) is 0.237. The first-order valence-electron chi connectivity index (χ1n) is 15.9. The fourth-order valence-electron chi connectivity index (χ4n) is 5.64. The van der Waals surface area contributed by atoms with Gasteiger partial charge in [-0.25, -0.2) is 9.59 Å². The lowest BCUT2D eigenvalue weighted by Gasteiger charge is -2.25. The maximum absolute atomic E-state index is 13.8. The lowest BCUT2D eigenvalue weighted by atomic mass is 9.93. The molecule has 1 aliphatic rings. The van der Waals surface area contributed by atoms with Crippen molar-refractivity contribution >= 4 is 29.2 Å². The Hall–Kier alpha value is -5.42. The van der Waals surface area contributed by atoms with Gasteiger partial charge in [-0.05, 0) is 95.5 Å². The number of benzene rings is 4. The zero-order chi connectivity index (χ0) is 35.0. The molecule has 1 aliphatic carbocycles. The topological polar surface area (TPSA) is 119 Å². The highest BCUT2D eigenvalue weighted by Gasteiger charge is 2.30. The number of carbonyl (C=O) groups excluding carboxylic acids is 2. The first-order chi connectivity index (χ1) is 23.5. The predicted molar refractivity (Wildman–Crippen MR) is 181 cm³/mol. The van der Waals surface area contributed by atoms with Crippen LogP contribution in [0.5, 0.6) is 0 Å². The molecule has 5 rings (SSSR count). The van der Waals surface area contributed by atoms with Crippen molar-refractivity contribution in [1.29, 1.82) is 0 Å². The van der Waals surface area contributed by atoms with Crippen molar-refractivity contribution in [1.82, 2.24) is 10.6 Å². The Labute approximate surface area is 281 Å². The molecule has 0 bridgehead atoms. The Bertz CT molecular complexity index is 1820. The Kier molecular flexibility index (Phi) is 11.1. The summed E-state index contributed by atoms with van der Waals surface area (Å²) in [5, 5.41) is 23.6. The van der Waals surface area contributed by atoms with Crippen LogP contribution in [0.25, 0.3) is 16.7 Å². The summed E-state index contributed by atoms with van der Waals surface area (Å²) in [7, 11) is 0. The summed E-state index contributed by atoms with van der Waals surface area (Å²) < 4.78 is 40.3. The number of amides is 3. The largest absolute Gasteiger partial charge is 0.479 e. The average Bonchev–Trinajstić information content (AvgIpc) is 3.12. The second-order valence-corrected chi connectivity index (χ2v) is 11.8. The number of aliphatic hydroxyl groups excluding tert-OH is 1. The number of nitrogens with zero attached hydrogens (tertiary/aromatic N) is 1. The van der Waals surface area contributed by atoms with Crippen molar-refractivity contribution in [3.63, 3.8) is 0 Å². The number of anilines is 1. The third kappa shape index (κ3) is 9.14. The van der Waals surface area contributed by atoms with Crippen LogP contribution in [0.1, 0.15) is 58.3 Å². The Balaban J connectivity index is 1.36. The minimum absolute atomic E-state index is 0.0496. The average molecular weight is 672 g/mol. The van der Waals surface area contributed by atoms with Gasteiger partial charge in [0.05, 0.1) is 18.7 Å². The van der Waals surface area contributed by atoms with Gasteiger partial charge in [-0.2, -0.15) is 13.2 Å². The zero-order valence-electron chi connectivity index (χ0n) is 26.5. The van der Waals surface area contributed by atoms with E-state index in [4.69, 9.17) is 5.11 Å². The number of allylic oxidation sites excluding steroid dienone is 2. The maximum Gasteiger partial charge on any atom is 0.416 e. The molecular formula is C38H36F3N3O5. The molecule has 8 nitrogen and oxygen atoms in total. The first-order valence-corrected chi connectivity index (χ1v) is 15.9. The molecule has 0 saturated heterocycles. The van der Waals surface area contributed by atoms with E-state index in [0.717, 1.165) is 43.4 Å². The lowest BCUT2D eigenvalue weighted by Crippen LogP contribution is -2.39. The van der Waals surface area contributed by atoms with E-state index in [-0.39, 0.29) is 18.7 Å². The van der Waals surface area contributed by atoms with Crippen LogP contribution in [-0.4, -0.2) is 40.8 Å². The smallest absolute Gasteiger partial charge is 0.416 e. The molecule has 49 heavy (non-hydrogen) atoms.